The molecule has 1 heterocycles. The van der Waals surface area contributed by atoms with Crippen LogP contribution in [0.2, 0.25) is 0 Å². The third-order valence-corrected chi connectivity index (χ3v) is 4.85. The van der Waals surface area contributed by atoms with Gasteiger partial charge in [-0.1, -0.05) is 68.4 Å². The highest BCUT2D eigenvalue weighted by Crippen LogP contribution is 2.39. The third kappa shape index (κ3) is 3.51. The zero-order valence-corrected chi connectivity index (χ0v) is 15.4. The molecule has 2 aromatic carbocycles. The van der Waals surface area contributed by atoms with Gasteiger partial charge in [0.25, 0.3) is 11.7 Å². The Bertz CT molecular complexity index is 869. The van der Waals surface area contributed by atoms with Crippen molar-refractivity contribution in [1.29, 1.82) is 0 Å². The summed E-state index contributed by atoms with van der Waals surface area (Å²) < 4.78 is 0. The molecule has 0 bridgehead atoms. The van der Waals surface area contributed by atoms with Crippen LogP contribution < -0.4 is 0 Å². The van der Waals surface area contributed by atoms with E-state index in [-0.39, 0.29) is 24.5 Å². The van der Waals surface area contributed by atoms with Crippen LogP contribution in [-0.4, -0.2) is 40.0 Å². The Morgan fingerprint density at radius 1 is 1.04 bits per heavy atom. The van der Waals surface area contributed by atoms with E-state index in [0.717, 1.165) is 11.1 Å². The van der Waals surface area contributed by atoms with Crippen molar-refractivity contribution in [3.05, 3.63) is 76.9 Å². The first-order valence-electron chi connectivity index (χ1n) is 9.00. The van der Waals surface area contributed by atoms with Gasteiger partial charge in [-0.05, 0) is 17.0 Å². The molecule has 5 heteroatoms. The minimum atomic E-state index is -0.734. The number of carbonyl (C=O) groups excluding carboxylic acids is 2. The van der Waals surface area contributed by atoms with E-state index in [9.17, 15) is 19.8 Å². The number of Topliss-reactive ketones (excluding diaryl/α,β-unsaturated/α-hetero) is 1. The van der Waals surface area contributed by atoms with E-state index in [1.54, 1.807) is 24.3 Å². The molecule has 0 saturated carbocycles. The van der Waals surface area contributed by atoms with Crippen molar-refractivity contribution in [3.8, 4) is 0 Å². The summed E-state index contributed by atoms with van der Waals surface area (Å²) in [7, 11) is 0. The molecule has 5 nitrogen and oxygen atoms in total. The Morgan fingerprint density at radius 3 is 2.22 bits per heavy atom. The van der Waals surface area contributed by atoms with Crippen LogP contribution in [0.5, 0.6) is 0 Å². The smallest absolute Gasteiger partial charge is 0.295 e. The van der Waals surface area contributed by atoms with E-state index < -0.39 is 17.7 Å². The molecule has 1 fully saturated rings. The summed E-state index contributed by atoms with van der Waals surface area (Å²) in [4.78, 5) is 26.5. The maximum atomic E-state index is 12.7. The molecular formula is C22H23NO4. The predicted molar refractivity (Wildman–Crippen MR) is 103 cm³/mol. The summed E-state index contributed by atoms with van der Waals surface area (Å²) in [6.45, 7) is 3.93. The number of hydrogen-bond donors (Lipinski definition) is 2. The molecule has 0 aromatic heterocycles. The SMILES string of the molecule is CC(C)c1ccc([C@@H]2C(=C(O)c3ccccc3)C(=O)C(=O)N2CCO)cc1. The highest BCUT2D eigenvalue weighted by Gasteiger charge is 2.45. The minimum absolute atomic E-state index is 0.0206. The number of aliphatic hydroxyl groups excluding tert-OH is 2. The van der Waals surface area contributed by atoms with Gasteiger partial charge in [-0.2, -0.15) is 0 Å². The van der Waals surface area contributed by atoms with Gasteiger partial charge in [0.05, 0.1) is 18.2 Å². The molecule has 2 aromatic rings. The molecule has 1 amide bonds. The van der Waals surface area contributed by atoms with Crippen LogP contribution >= 0.6 is 0 Å². The van der Waals surface area contributed by atoms with Crippen LogP contribution in [0, 0.1) is 0 Å². The molecule has 1 atom stereocenters. The molecule has 3 rings (SSSR count). The number of benzene rings is 2. The second-order valence-corrected chi connectivity index (χ2v) is 6.90. The fraction of sp³-hybridized carbons (Fsp3) is 0.273. The molecule has 140 valence electrons. The highest BCUT2D eigenvalue weighted by atomic mass is 16.3. The Hall–Kier alpha value is -2.92. The number of hydrogen-bond acceptors (Lipinski definition) is 4. The first-order valence-corrected chi connectivity index (χ1v) is 9.00. The lowest BCUT2D eigenvalue weighted by Gasteiger charge is -2.25. The fourth-order valence-corrected chi connectivity index (χ4v) is 3.38. The van der Waals surface area contributed by atoms with Crippen LogP contribution in [0.4, 0.5) is 0 Å². The average molecular weight is 365 g/mol. The zero-order valence-electron chi connectivity index (χ0n) is 15.4. The largest absolute Gasteiger partial charge is 0.507 e. The van der Waals surface area contributed by atoms with Crippen LogP contribution in [0.1, 0.15) is 42.5 Å². The monoisotopic (exact) mass is 365 g/mol. The number of likely N-dealkylation sites (tertiary alicyclic amines) is 1. The molecule has 0 radical (unpaired) electrons. The first-order chi connectivity index (χ1) is 13.0. The minimum Gasteiger partial charge on any atom is -0.507 e. The molecule has 2 N–H and O–H groups in total. The number of ketones is 1. The van der Waals surface area contributed by atoms with Gasteiger partial charge >= 0.3 is 0 Å². The molecule has 0 unspecified atom stereocenters. The number of nitrogens with zero attached hydrogens (tertiary/aromatic N) is 1. The van der Waals surface area contributed by atoms with Gasteiger partial charge in [-0.25, -0.2) is 0 Å². The topological polar surface area (TPSA) is 77.8 Å². The summed E-state index contributed by atoms with van der Waals surface area (Å²) in [5.74, 6) is -1.29. The van der Waals surface area contributed by atoms with Crippen molar-refractivity contribution < 1.29 is 19.8 Å². The second kappa shape index (κ2) is 7.76. The van der Waals surface area contributed by atoms with Crippen molar-refractivity contribution in [2.75, 3.05) is 13.2 Å². The van der Waals surface area contributed by atoms with Crippen molar-refractivity contribution in [1.82, 2.24) is 4.90 Å². The molecule has 1 saturated heterocycles. The number of β-amino-alcohol motifs (C(OH)–C–C–N with tert-alkyl or cyclic N) is 1. The number of rotatable bonds is 5. The summed E-state index contributed by atoms with van der Waals surface area (Å²) >= 11 is 0. The van der Waals surface area contributed by atoms with Crippen molar-refractivity contribution in [2.24, 2.45) is 0 Å². The van der Waals surface area contributed by atoms with Gasteiger partial charge in [0.1, 0.15) is 5.76 Å². The predicted octanol–water partition coefficient (Wildman–Crippen LogP) is 3.22. The molecule has 0 aliphatic carbocycles. The van der Waals surface area contributed by atoms with Gasteiger partial charge in [-0.15, -0.1) is 0 Å². The molecule has 1 aliphatic rings. The fourth-order valence-electron chi connectivity index (χ4n) is 3.38. The highest BCUT2D eigenvalue weighted by molar-refractivity contribution is 6.46. The van der Waals surface area contributed by atoms with E-state index >= 15 is 0 Å². The van der Waals surface area contributed by atoms with E-state index in [0.29, 0.717) is 11.5 Å². The molecule has 27 heavy (non-hydrogen) atoms. The maximum Gasteiger partial charge on any atom is 0.295 e. The summed E-state index contributed by atoms with van der Waals surface area (Å²) in [5.41, 5.74) is 2.39. The standard InChI is InChI=1S/C22H23NO4/c1-14(2)15-8-10-16(11-9-15)19-18(20(25)17-6-4-3-5-7-17)21(26)22(27)23(19)12-13-24/h3-11,14,19,24-25H,12-13H2,1-2H3/t19-/m1/s1. The van der Waals surface area contributed by atoms with E-state index in [4.69, 9.17) is 0 Å². The Balaban J connectivity index is 2.14. The van der Waals surface area contributed by atoms with Crippen LogP contribution in [0.25, 0.3) is 5.76 Å². The lowest BCUT2D eigenvalue weighted by Crippen LogP contribution is -2.32. The van der Waals surface area contributed by atoms with Crippen molar-refractivity contribution in [2.45, 2.75) is 25.8 Å². The van der Waals surface area contributed by atoms with Crippen LogP contribution in [0.3, 0.4) is 0 Å². The van der Waals surface area contributed by atoms with Gasteiger partial charge in [0, 0.05) is 12.1 Å². The summed E-state index contributed by atoms with van der Waals surface area (Å²) in [5, 5.41) is 20.2. The normalized spacial score (nSPS) is 19.1. The van der Waals surface area contributed by atoms with Crippen LogP contribution in [0.15, 0.2) is 60.2 Å². The Morgan fingerprint density at radius 2 is 1.67 bits per heavy atom. The average Bonchev–Trinajstić information content (AvgIpc) is 2.93. The van der Waals surface area contributed by atoms with E-state index in [1.807, 2.05) is 30.3 Å². The van der Waals surface area contributed by atoms with Gasteiger partial charge < -0.3 is 15.1 Å². The van der Waals surface area contributed by atoms with Crippen molar-refractivity contribution in [3.63, 3.8) is 0 Å². The maximum absolute atomic E-state index is 12.7. The number of carbonyl (C=O) groups is 2. The molecule has 0 spiro atoms. The number of aliphatic hydroxyl groups is 2. The molecular weight excluding hydrogens is 342 g/mol. The zero-order chi connectivity index (χ0) is 19.6. The van der Waals surface area contributed by atoms with E-state index in [1.165, 1.54) is 4.90 Å². The molecule has 1 aliphatic heterocycles. The first kappa shape index (κ1) is 18.9. The second-order valence-electron chi connectivity index (χ2n) is 6.90. The van der Waals surface area contributed by atoms with Crippen LogP contribution in [-0.2, 0) is 9.59 Å². The Kier molecular flexibility index (Phi) is 5.42. The number of amides is 1. The van der Waals surface area contributed by atoms with E-state index in [2.05, 4.69) is 13.8 Å². The van der Waals surface area contributed by atoms with Gasteiger partial charge in [0.15, 0.2) is 0 Å². The third-order valence-electron chi connectivity index (χ3n) is 4.85. The summed E-state index contributed by atoms with van der Waals surface area (Å²) in [6.07, 6.45) is 0. The van der Waals surface area contributed by atoms with Gasteiger partial charge in [-0.3, -0.25) is 9.59 Å². The quantitative estimate of drug-likeness (QED) is 0.484. The van der Waals surface area contributed by atoms with Gasteiger partial charge in [0.2, 0.25) is 0 Å². The van der Waals surface area contributed by atoms with Crippen molar-refractivity contribution >= 4 is 17.4 Å². The lowest BCUT2D eigenvalue weighted by molar-refractivity contribution is -0.140. The Labute approximate surface area is 158 Å². The summed E-state index contributed by atoms with van der Waals surface area (Å²) in [6, 6.07) is 15.6. The lowest BCUT2D eigenvalue weighted by atomic mass is 9.93.